The van der Waals surface area contributed by atoms with Gasteiger partial charge in [0, 0.05) is 44.8 Å². The number of aliphatic imine (C=N–C) groups is 1. The number of nitrogens with one attached hydrogen (secondary N) is 1. The third-order valence-corrected chi connectivity index (χ3v) is 6.36. The number of pyridine rings is 1. The molecule has 0 saturated carbocycles. The zero-order valence-corrected chi connectivity index (χ0v) is 17.4. The van der Waals surface area contributed by atoms with E-state index in [1.807, 2.05) is 12.1 Å². The number of carbonyl (C=O) groups is 1. The van der Waals surface area contributed by atoms with Crippen LogP contribution < -0.4 is 10.2 Å². The molecule has 1 atom stereocenters. The molecule has 1 unspecified atom stereocenters. The van der Waals surface area contributed by atoms with Crippen molar-refractivity contribution in [1.29, 1.82) is 0 Å². The van der Waals surface area contributed by atoms with Crippen molar-refractivity contribution in [2.24, 2.45) is 10.9 Å². The number of fused-ring (bicyclic) bond motifs is 3. The van der Waals surface area contributed by atoms with Gasteiger partial charge in [-0.2, -0.15) is 0 Å². The van der Waals surface area contributed by atoms with Gasteiger partial charge in [-0.25, -0.2) is 9.37 Å². The second kappa shape index (κ2) is 8.36. The summed E-state index contributed by atoms with van der Waals surface area (Å²) in [6, 6.07) is 7.21. The Morgan fingerprint density at radius 3 is 2.77 bits per heavy atom. The lowest BCUT2D eigenvalue weighted by atomic mass is 9.83. The van der Waals surface area contributed by atoms with Crippen LogP contribution in [0.5, 0.6) is 0 Å². The molecule has 1 aromatic carbocycles. The average molecular weight is 423 g/mol. The molecule has 1 saturated heterocycles. The van der Waals surface area contributed by atoms with Crippen molar-refractivity contribution in [3.8, 4) is 0 Å². The lowest BCUT2D eigenvalue weighted by Crippen LogP contribution is -2.46. The number of amides is 1. The fourth-order valence-electron chi connectivity index (χ4n) is 4.80. The third kappa shape index (κ3) is 3.93. The second-order valence-electron chi connectivity index (χ2n) is 8.38. The SMILES string of the molecule is O=C1Nc2cc(CN3CCN(c4ccc(F)cn4)CC3)cc(CO)c2C2=NCCCC12. The molecular formula is C23H26FN5O2. The monoisotopic (exact) mass is 423 g/mol. The Morgan fingerprint density at radius 1 is 1.19 bits per heavy atom. The summed E-state index contributed by atoms with van der Waals surface area (Å²) in [5, 5.41) is 13.1. The number of hydrogen-bond acceptors (Lipinski definition) is 6. The number of halogens is 1. The molecule has 8 heteroatoms. The van der Waals surface area contributed by atoms with Crippen LogP contribution in [0.1, 0.15) is 29.5 Å². The van der Waals surface area contributed by atoms with E-state index in [1.54, 1.807) is 6.07 Å². The number of aliphatic hydroxyl groups is 1. The molecule has 0 radical (unpaired) electrons. The number of aliphatic hydroxyl groups excluding tert-OH is 1. The summed E-state index contributed by atoms with van der Waals surface area (Å²) in [5.74, 6) is 0.271. The number of aromatic nitrogens is 1. The number of benzene rings is 1. The number of nitrogens with zero attached hydrogens (tertiary/aromatic N) is 4. The van der Waals surface area contributed by atoms with Crippen LogP contribution in [0.2, 0.25) is 0 Å². The van der Waals surface area contributed by atoms with E-state index in [0.717, 1.165) is 86.0 Å². The fraction of sp³-hybridized carbons (Fsp3) is 0.435. The summed E-state index contributed by atoms with van der Waals surface area (Å²) in [5.41, 5.74) is 4.39. The number of rotatable bonds is 4. The van der Waals surface area contributed by atoms with E-state index in [-0.39, 0.29) is 24.2 Å². The predicted octanol–water partition coefficient (Wildman–Crippen LogP) is 2.19. The maximum atomic E-state index is 13.1. The number of piperazine rings is 1. The van der Waals surface area contributed by atoms with Crippen molar-refractivity contribution in [3.05, 3.63) is 53.0 Å². The van der Waals surface area contributed by atoms with Gasteiger partial charge in [-0.05, 0) is 42.2 Å². The molecule has 2 aromatic rings. The Bertz CT molecular complexity index is 1020. The Morgan fingerprint density at radius 2 is 2.03 bits per heavy atom. The largest absolute Gasteiger partial charge is 0.392 e. The van der Waals surface area contributed by atoms with Crippen LogP contribution in [0.4, 0.5) is 15.9 Å². The van der Waals surface area contributed by atoms with Crippen LogP contribution >= 0.6 is 0 Å². The van der Waals surface area contributed by atoms with Gasteiger partial charge < -0.3 is 15.3 Å². The smallest absolute Gasteiger partial charge is 0.233 e. The first kappa shape index (κ1) is 20.1. The number of hydrogen-bond donors (Lipinski definition) is 2. The van der Waals surface area contributed by atoms with E-state index in [4.69, 9.17) is 0 Å². The standard InChI is InChI=1S/C23H26FN5O2/c24-17-3-4-20(26-12-17)29-8-6-28(7-9-29)13-15-10-16(14-30)21-19(11-15)27-23(31)18-2-1-5-25-22(18)21/h3-4,10-12,18,30H,1-2,5-9,13-14H2,(H,27,31). The summed E-state index contributed by atoms with van der Waals surface area (Å²) in [6.45, 7) is 4.71. The first-order chi connectivity index (χ1) is 15.1. The van der Waals surface area contributed by atoms with Gasteiger partial charge in [-0.15, -0.1) is 0 Å². The normalized spacial score (nSPS) is 21.2. The van der Waals surface area contributed by atoms with Crippen molar-refractivity contribution >= 4 is 23.1 Å². The molecule has 162 valence electrons. The molecule has 4 heterocycles. The molecule has 5 rings (SSSR count). The van der Waals surface area contributed by atoms with E-state index in [9.17, 15) is 14.3 Å². The zero-order chi connectivity index (χ0) is 21.4. The third-order valence-electron chi connectivity index (χ3n) is 6.36. The highest BCUT2D eigenvalue weighted by molar-refractivity contribution is 6.23. The molecule has 1 fully saturated rings. The quantitative estimate of drug-likeness (QED) is 0.788. The van der Waals surface area contributed by atoms with Gasteiger partial charge in [0.2, 0.25) is 5.91 Å². The topological polar surface area (TPSA) is 81.1 Å². The van der Waals surface area contributed by atoms with E-state index in [2.05, 4.69) is 25.1 Å². The minimum Gasteiger partial charge on any atom is -0.392 e. The minimum atomic E-state index is -0.327. The van der Waals surface area contributed by atoms with Gasteiger partial charge in [-0.1, -0.05) is 6.07 Å². The van der Waals surface area contributed by atoms with Crippen LogP contribution in [0.15, 0.2) is 35.5 Å². The van der Waals surface area contributed by atoms with E-state index < -0.39 is 0 Å². The molecule has 3 aliphatic heterocycles. The van der Waals surface area contributed by atoms with Crippen LogP contribution in [0.3, 0.4) is 0 Å². The number of anilines is 2. The number of carbonyl (C=O) groups excluding carboxylic acids is 1. The maximum absolute atomic E-state index is 13.1. The molecule has 0 spiro atoms. The van der Waals surface area contributed by atoms with Crippen LogP contribution in [0, 0.1) is 11.7 Å². The molecule has 2 N–H and O–H groups in total. The molecule has 1 aromatic heterocycles. The van der Waals surface area contributed by atoms with Crippen LogP contribution in [-0.4, -0.2) is 59.3 Å². The molecular weight excluding hydrogens is 397 g/mol. The highest BCUT2D eigenvalue weighted by atomic mass is 19.1. The lowest BCUT2D eigenvalue weighted by molar-refractivity contribution is -0.118. The predicted molar refractivity (Wildman–Crippen MR) is 117 cm³/mol. The summed E-state index contributed by atoms with van der Waals surface area (Å²) >= 11 is 0. The average Bonchev–Trinajstić information content (AvgIpc) is 2.80. The Labute approximate surface area is 180 Å². The van der Waals surface area contributed by atoms with E-state index in [1.165, 1.54) is 12.3 Å². The first-order valence-corrected chi connectivity index (χ1v) is 10.8. The van der Waals surface area contributed by atoms with Gasteiger partial charge in [0.15, 0.2) is 0 Å². The van der Waals surface area contributed by atoms with Crippen molar-refractivity contribution in [2.75, 3.05) is 42.9 Å². The summed E-state index contributed by atoms with van der Waals surface area (Å²) in [6.07, 6.45) is 2.98. The summed E-state index contributed by atoms with van der Waals surface area (Å²) < 4.78 is 13.1. The minimum absolute atomic E-state index is 0.00685. The molecule has 1 amide bonds. The van der Waals surface area contributed by atoms with Gasteiger partial charge in [0.05, 0.1) is 30.1 Å². The maximum Gasteiger partial charge on any atom is 0.233 e. The highest BCUT2D eigenvalue weighted by Gasteiger charge is 2.35. The van der Waals surface area contributed by atoms with Gasteiger partial charge in [0.1, 0.15) is 11.6 Å². The summed E-state index contributed by atoms with van der Waals surface area (Å²) in [4.78, 5) is 25.9. The van der Waals surface area contributed by atoms with Crippen molar-refractivity contribution in [2.45, 2.75) is 26.0 Å². The zero-order valence-electron chi connectivity index (χ0n) is 17.4. The summed E-state index contributed by atoms with van der Waals surface area (Å²) in [7, 11) is 0. The Balaban J connectivity index is 1.32. The van der Waals surface area contributed by atoms with Gasteiger partial charge in [0.25, 0.3) is 0 Å². The molecule has 3 aliphatic rings. The second-order valence-corrected chi connectivity index (χ2v) is 8.38. The highest BCUT2D eigenvalue weighted by Crippen LogP contribution is 2.34. The van der Waals surface area contributed by atoms with Crippen LogP contribution in [0.25, 0.3) is 0 Å². The van der Waals surface area contributed by atoms with Crippen LogP contribution in [-0.2, 0) is 17.9 Å². The van der Waals surface area contributed by atoms with Crippen molar-refractivity contribution in [1.82, 2.24) is 9.88 Å². The van der Waals surface area contributed by atoms with E-state index in [0.29, 0.717) is 0 Å². The first-order valence-electron chi connectivity index (χ1n) is 10.8. The van der Waals surface area contributed by atoms with Crippen molar-refractivity contribution in [3.63, 3.8) is 0 Å². The lowest BCUT2D eigenvalue weighted by Gasteiger charge is -2.36. The Hall–Kier alpha value is -2.84. The van der Waals surface area contributed by atoms with Gasteiger partial charge in [-0.3, -0.25) is 14.7 Å². The molecule has 7 nitrogen and oxygen atoms in total. The molecule has 0 bridgehead atoms. The Kier molecular flexibility index (Phi) is 5.41. The van der Waals surface area contributed by atoms with Gasteiger partial charge >= 0.3 is 0 Å². The van der Waals surface area contributed by atoms with Crippen molar-refractivity contribution < 1.29 is 14.3 Å². The fourth-order valence-corrected chi connectivity index (χ4v) is 4.80. The molecule has 31 heavy (non-hydrogen) atoms. The molecule has 0 aliphatic carbocycles. The van der Waals surface area contributed by atoms with E-state index >= 15 is 0 Å².